The molecule has 15 nitrogen and oxygen atoms in total. The Morgan fingerprint density at radius 2 is 1.65 bits per heavy atom. The molecule has 5 rings (SSSR count). The minimum Gasteiger partial charge on any atom is -0.542 e. The van der Waals surface area contributed by atoms with Crippen LogP contribution in [0, 0.1) is 17.0 Å². The fourth-order valence-corrected chi connectivity index (χ4v) is 6.01. The van der Waals surface area contributed by atoms with Gasteiger partial charge in [-0.2, -0.15) is 17.6 Å². The second kappa shape index (κ2) is 18.0. The number of hydrogen-bond donors (Lipinski definition) is 4. The van der Waals surface area contributed by atoms with E-state index in [1.165, 1.54) is 36.4 Å². The first kappa shape index (κ1) is 41.3. The Bertz CT molecular complexity index is 2170. The van der Waals surface area contributed by atoms with E-state index in [4.69, 9.17) is 14.6 Å². The number of nitrogens with zero attached hydrogens (tertiary/aromatic N) is 3. The summed E-state index contributed by atoms with van der Waals surface area (Å²) in [5, 5.41) is 38.2. The number of aromatic hydroxyl groups is 1. The number of non-ortho nitro benzene ring substituents is 1. The van der Waals surface area contributed by atoms with Crippen LogP contribution in [0.3, 0.4) is 0 Å². The van der Waals surface area contributed by atoms with Crippen molar-refractivity contribution in [2.24, 2.45) is 0 Å². The number of phenols is 1. The van der Waals surface area contributed by atoms with Crippen molar-refractivity contribution >= 4 is 51.5 Å². The minimum atomic E-state index is -5.19. The van der Waals surface area contributed by atoms with Crippen LogP contribution >= 0.6 is 11.3 Å². The second-order valence-corrected chi connectivity index (χ2v) is 13.4. The van der Waals surface area contributed by atoms with Crippen molar-refractivity contribution in [3.8, 4) is 5.75 Å². The van der Waals surface area contributed by atoms with Crippen molar-refractivity contribution in [2.45, 2.75) is 58.6 Å². The molecule has 0 unspecified atom stereocenters. The number of nitro groups is 1. The van der Waals surface area contributed by atoms with Gasteiger partial charge in [0.1, 0.15) is 36.7 Å². The molecule has 0 aliphatic carbocycles. The van der Waals surface area contributed by atoms with Crippen LogP contribution in [-0.4, -0.2) is 56.8 Å². The molecule has 5 aromatic rings. The highest BCUT2D eigenvalue weighted by molar-refractivity contribution is 7.16. The number of imidazole rings is 1. The maximum absolute atomic E-state index is 13.6. The van der Waals surface area contributed by atoms with E-state index in [1.807, 2.05) is 34.4 Å². The number of ether oxygens (including phenoxy) is 1. The average molecular weight is 785 g/mol. The highest BCUT2D eigenvalue weighted by Gasteiger charge is 2.29. The highest BCUT2D eigenvalue weighted by Crippen LogP contribution is 2.20. The van der Waals surface area contributed by atoms with Crippen molar-refractivity contribution in [3.05, 3.63) is 123 Å². The van der Waals surface area contributed by atoms with E-state index >= 15 is 0 Å². The number of esters is 1. The Kier molecular flexibility index (Phi) is 13.5. The number of nitrogens with one attached hydrogen (secondary N) is 3. The number of nitro benzene ring substituents is 1. The molecule has 19 heteroatoms. The molecule has 4 N–H and O–H groups in total. The summed E-state index contributed by atoms with van der Waals surface area (Å²) in [6, 6.07) is 17.3. The Morgan fingerprint density at radius 1 is 1.00 bits per heavy atom. The Hall–Kier alpha value is -6.50. The minimum absolute atomic E-state index is 0.00763. The number of aliphatic carboxylic acids is 1. The van der Waals surface area contributed by atoms with Gasteiger partial charge in [0.25, 0.3) is 5.69 Å². The van der Waals surface area contributed by atoms with Gasteiger partial charge in [0.05, 0.1) is 23.1 Å². The highest BCUT2D eigenvalue weighted by atomic mass is 32.1. The van der Waals surface area contributed by atoms with Gasteiger partial charge >= 0.3 is 23.1 Å². The molecule has 0 aliphatic rings. The normalized spacial score (nSPS) is 11.6. The molecule has 3 amide bonds. The van der Waals surface area contributed by atoms with Crippen molar-refractivity contribution in [3.63, 3.8) is 0 Å². The van der Waals surface area contributed by atoms with Crippen LogP contribution in [-0.2, 0) is 33.8 Å². The van der Waals surface area contributed by atoms with Crippen molar-refractivity contribution < 1.29 is 56.6 Å². The summed E-state index contributed by atoms with van der Waals surface area (Å²) >= 11 is 1.55. The zero-order chi connectivity index (χ0) is 40.4. The zero-order valence-electron chi connectivity index (χ0n) is 29.5. The van der Waals surface area contributed by atoms with Crippen LogP contribution in [0.25, 0.3) is 4.96 Å². The topological polar surface area (TPSA) is 209 Å². The lowest BCUT2D eigenvalue weighted by Gasteiger charge is -2.19. The van der Waals surface area contributed by atoms with Gasteiger partial charge in [-0.25, -0.2) is 14.2 Å². The molecular formula is C36H35F3N6O9S. The molecule has 0 saturated heterocycles. The largest absolute Gasteiger partial charge is 0.542 e. The van der Waals surface area contributed by atoms with Crippen molar-refractivity contribution in [1.82, 2.24) is 15.2 Å². The van der Waals surface area contributed by atoms with Gasteiger partial charge in [-0.1, -0.05) is 35.6 Å². The number of aromatic nitrogens is 2. The molecule has 1 atom stereocenters. The Labute approximate surface area is 315 Å². The third-order valence-electron chi connectivity index (χ3n) is 7.52. The van der Waals surface area contributed by atoms with Gasteiger partial charge in [-0.05, 0) is 62.7 Å². The summed E-state index contributed by atoms with van der Waals surface area (Å²) in [7, 11) is 0. The third kappa shape index (κ3) is 12.0. The Balaban J connectivity index is 0.000000876. The fraction of sp³-hybridized carbons (Fsp3) is 0.250. The molecule has 0 bridgehead atoms. The number of alkyl halides is 3. The number of fused-ring (bicyclic) bond motifs is 1. The van der Waals surface area contributed by atoms with Crippen molar-refractivity contribution in [1.29, 1.82) is 0 Å². The number of aryl methyl sites for hydroxylation is 1. The quantitative estimate of drug-likeness (QED) is 0.0619. The number of benzene rings is 3. The lowest BCUT2D eigenvalue weighted by atomic mass is 10.0. The van der Waals surface area contributed by atoms with Gasteiger partial charge in [0, 0.05) is 34.7 Å². The maximum Gasteiger partial charge on any atom is 0.430 e. The molecule has 0 fully saturated rings. The van der Waals surface area contributed by atoms with Crippen LogP contribution in [0.5, 0.6) is 5.75 Å². The summed E-state index contributed by atoms with van der Waals surface area (Å²) in [4.78, 5) is 60.5. The van der Waals surface area contributed by atoms with E-state index in [9.17, 15) is 42.8 Å². The SMILES string of the molecule is Cc1c[n+]2cc(CNC(=O)[C@H](Cc3ccc(O)cc3)NC(=O)Nc3ccc(C(=O)OC(C)C)cc3)n(Cc3cccc([N+](=O)[O-])c3)c2s1.O=C([O-])C(F)(F)F. The molecular weight excluding hydrogens is 749 g/mol. The molecule has 0 spiro atoms. The van der Waals surface area contributed by atoms with E-state index in [2.05, 4.69) is 16.0 Å². The molecule has 290 valence electrons. The number of thiazole rings is 1. The van der Waals surface area contributed by atoms with Gasteiger partial charge < -0.3 is 35.7 Å². The number of amides is 3. The van der Waals surface area contributed by atoms with Crippen LogP contribution in [0.15, 0.2) is 85.2 Å². The first-order chi connectivity index (χ1) is 25.9. The summed E-state index contributed by atoms with van der Waals surface area (Å²) in [6.45, 7) is 5.95. The summed E-state index contributed by atoms with van der Waals surface area (Å²) in [5.74, 6) is -3.86. The van der Waals surface area contributed by atoms with E-state index in [0.717, 1.165) is 21.1 Å². The molecule has 0 aliphatic heterocycles. The first-order valence-electron chi connectivity index (χ1n) is 16.3. The molecule has 2 aromatic heterocycles. The summed E-state index contributed by atoms with van der Waals surface area (Å²) in [5.41, 5.74) is 2.93. The number of anilines is 1. The molecule has 0 radical (unpaired) electrons. The molecule has 55 heavy (non-hydrogen) atoms. The fourth-order valence-electron chi connectivity index (χ4n) is 5.05. The lowest BCUT2D eigenvalue weighted by molar-refractivity contribution is -0.506. The van der Waals surface area contributed by atoms with Gasteiger partial charge in [-0.15, -0.1) is 0 Å². The van der Waals surface area contributed by atoms with Crippen LogP contribution in [0.2, 0.25) is 0 Å². The van der Waals surface area contributed by atoms with Gasteiger partial charge in [0.15, 0.2) is 5.69 Å². The van der Waals surface area contributed by atoms with E-state index in [1.54, 1.807) is 55.5 Å². The maximum atomic E-state index is 13.6. The lowest BCUT2D eigenvalue weighted by Crippen LogP contribution is -2.49. The third-order valence-corrected chi connectivity index (χ3v) is 8.56. The van der Waals surface area contributed by atoms with Crippen LogP contribution < -0.4 is 25.5 Å². The number of carbonyl (C=O) groups is 4. The number of halogens is 3. The second-order valence-electron chi connectivity index (χ2n) is 12.2. The predicted octanol–water partition coefficient (Wildman–Crippen LogP) is 4.17. The van der Waals surface area contributed by atoms with Crippen LogP contribution in [0.1, 0.15) is 45.9 Å². The van der Waals surface area contributed by atoms with E-state index in [0.29, 0.717) is 23.4 Å². The Morgan fingerprint density at radius 3 is 2.25 bits per heavy atom. The number of carbonyl (C=O) groups excluding carboxylic acids is 4. The predicted molar refractivity (Wildman–Crippen MR) is 190 cm³/mol. The van der Waals surface area contributed by atoms with Gasteiger partial charge in [0.2, 0.25) is 5.91 Å². The molecule has 3 aromatic carbocycles. The standard InChI is InChI=1S/C34H34N6O7S.C2HF3O2/c1-21(2)47-32(43)25-9-11-26(12-10-25)36-33(44)37-30(16-23-7-13-29(41)14-8-23)31(42)35-17-28-20-38-18-22(3)48-34(38)39(28)19-24-5-4-6-27(15-24)40(45)46;3-2(4,5)1(6)7/h4-15,18,20-21,30H,16-17,19H2,1-3H3,(H3-,35,36,37,41,42,43,44);(H,6,7)/t30-;/m0./s1. The number of urea groups is 1. The summed E-state index contributed by atoms with van der Waals surface area (Å²) < 4.78 is 40.7. The smallest absolute Gasteiger partial charge is 0.430 e. The van der Waals surface area contributed by atoms with Gasteiger partial charge in [-0.3, -0.25) is 14.9 Å². The van der Waals surface area contributed by atoms with Crippen LogP contribution in [0.4, 0.5) is 29.3 Å². The number of phenolic OH excluding ortho intramolecular Hbond substituents is 1. The number of carboxylic acids is 1. The zero-order valence-corrected chi connectivity index (χ0v) is 30.3. The number of rotatable bonds is 12. The summed E-state index contributed by atoms with van der Waals surface area (Å²) in [6.07, 6.45) is -1.47. The van der Waals surface area contributed by atoms with Crippen molar-refractivity contribution in [2.75, 3.05) is 5.32 Å². The van der Waals surface area contributed by atoms with E-state index in [-0.39, 0.29) is 30.5 Å². The number of carboxylic acid groups (broad SMARTS) is 1. The van der Waals surface area contributed by atoms with E-state index < -0.39 is 41.0 Å². The first-order valence-corrected chi connectivity index (χ1v) is 17.2. The molecule has 0 saturated carbocycles. The average Bonchev–Trinajstić information content (AvgIpc) is 3.63. The monoisotopic (exact) mass is 784 g/mol. The molecule has 2 heterocycles. The number of hydrogen-bond acceptors (Lipinski definition) is 10.